The smallest absolute Gasteiger partial charge is 0.224 e. The first-order valence-electron chi connectivity index (χ1n) is 5.92. The fraction of sp³-hybridized carbons (Fsp3) is 0.133. The van der Waals surface area contributed by atoms with Crippen molar-refractivity contribution in [2.24, 2.45) is 0 Å². The Labute approximate surface area is 120 Å². The van der Waals surface area contributed by atoms with Crippen molar-refractivity contribution in [2.45, 2.75) is 13.0 Å². The van der Waals surface area contributed by atoms with Crippen LogP contribution >= 0.6 is 15.9 Å². The van der Waals surface area contributed by atoms with Crippen LogP contribution in [0.15, 0.2) is 53.0 Å². The highest BCUT2D eigenvalue weighted by molar-refractivity contribution is 9.10. The number of phenolic OH excluding ortho intramolecular Hbond substituents is 1. The molecule has 0 unspecified atom stereocenters. The minimum absolute atomic E-state index is 0.0364. The molecule has 2 N–H and O–H groups in total. The van der Waals surface area contributed by atoms with Gasteiger partial charge in [0.1, 0.15) is 5.75 Å². The van der Waals surface area contributed by atoms with Gasteiger partial charge in [0.2, 0.25) is 5.91 Å². The summed E-state index contributed by atoms with van der Waals surface area (Å²) in [5.74, 6) is 0.172. The van der Waals surface area contributed by atoms with E-state index >= 15 is 0 Å². The minimum Gasteiger partial charge on any atom is -0.508 e. The van der Waals surface area contributed by atoms with Gasteiger partial charge in [-0.1, -0.05) is 40.2 Å². The lowest BCUT2D eigenvalue weighted by Gasteiger charge is -2.06. The van der Waals surface area contributed by atoms with E-state index in [4.69, 9.17) is 0 Å². The van der Waals surface area contributed by atoms with Crippen LogP contribution in [0.25, 0.3) is 0 Å². The van der Waals surface area contributed by atoms with E-state index in [1.165, 1.54) is 0 Å². The van der Waals surface area contributed by atoms with E-state index < -0.39 is 0 Å². The Bertz CT molecular complexity index is 567. The molecule has 0 aliphatic rings. The molecule has 0 atom stereocenters. The molecule has 0 spiro atoms. The molecular formula is C15H14BrNO2. The van der Waals surface area contributed by atoms with E-state index in [1.807, 2.05) is 30.3 Å². The highest BCUT2D eigenvalue weighted by Crippen LogP contribution is 2.12. The fourth-order valence-electron chi connectivity index (χ4n) is 1.72. The molecule has 0 aliphatic carbocycles. The van der Waals surface area contributed by atoms with Crippen molar-refractivity contribution in [3.05, 3.63) is 64.1 Å². The minimum atomic E-state index is -0.0364. The summed E-state index contributed by atoms with van der Waals surface area (Å²) in [6, 6.07) is 14.5. The largest absolute Gasteiger partial charge is 0.508 e. The van der Waals surface area contributed by atoms with E-state index in [-0.39, 0.29) is 11.7 Å². The third-order valence-electron chi connectivity index (χ3n) is 2.68. The van der Waals surface area contributed by atoms with Gasteiger partial charge in [0, 0.05) is 11.0 Å². The zero-order valence-corrected chi connectivity index (χ0v) is 11.9. The zero-order chi connectivity index (χ0) is 13.7. The lowest BCUT2D eigenvalue weighted by Crippen LogP contribution is -2.24. The van der Waals surface area contributed by atoms with Crippen LogP contribution in [0.4, 0.5) is 0 Å². The zero-order valence-electron chi connectivity index (χ0n) is 10.3. The molecular weight excluding hydrogens is 306 g/mol. The fourth-order valence-corrected chi connectivity index (χ4v) is 1.98. The van der Waals surface area contributed by atoms with Crippen molar-refractivity contribution in [3.63, 3.8) is 0 Å². The van der Waals surface area contributed by atoms with Gasteiger partial charge in [-0.25, -0.2) is 0 Å². The molecule has 0 aliphatic heterocycles. The van der Waals surface area contributed by atoms with Crippen LogP contribution in [-0.4, -0.2) is 11.0 Å². The number of aromatic hydroxyl groups is 1. The summed E-state index contributed by atoms with van der Waals surface area (Å²) in [5.41, 5.74) is 1.85. The highest BCUT2D eigenvalue weighted by atomic mass is 79.9. The van der Waals surface area contributed by atoms with E-state index in [9.17, 15) is 9.90 Å². The number of amides is 1. The second-order valence-electron chi connectivity index (χ2n) is 4.25. The van der Waals surface area contributed by atoms with Gasteiger partial charge in [0.15, 0.2) is 0 Å². The summed E-state index contributed by atoms with van der Waals surface area (Å²) < 4.78 is 0.997. The van der Waals surface area contributed by atoms with Crippen LogP contribution in [0.5, 0.6) is 5.75 Å². The lowest BCUT2D eigenvalue weighted by molar-refractivity contribution is -0.120. The van der Waals surface area contributed by atoms with Gasteiger partial charge in [-0.3, -0.25) is 4.79 Å². The Morgan fingerprint density at radius 2 is 1.84 bits per heavy atom. The first kappa shape index (κ1) is 13.6. The van der Waals surface area contributed by atoms with Crippen molar-refractivity contribution >= 4 is 21.8 Å². The van der Waals surface area contributed by atoms with Gasteiger partial charge in [-0.05, 0) is 35.4 Å². The molecule has 3 nitrogen and oxygen atoms in total. The Morgan fingerprint density at radius 3 is 2.53 bits per heavy atom. The molecule has 2 rings (SSSR count). The van der Waals surface area contributed by atoms with E-state index in [0.29, 0.717) is 13.0 Å². The molecule has 0 saturated heterocycles. The van der Waals surface area contributed by atoms with Crippen molar-refractivity contribution in [2.75, 3.05) is 0 Å². The number of rotatable bonds is 4. The van der Waals surface area contributed by atoms with Crippen LogP contribution in [-0.2, 0) is 17.8 Å². The van der Waals surface area contributed by atoms with E-state index in [0.717, 1.165) is 15.6 Å². The van der Waals surface area contributed by atoms with Gasteiger partial charge in [0.25, 0.3) is 0 Å². The quantitative estimate of drug-likeness (QED) is 0.910. The maximum atomic E-state index is 11.8. The second-order valence-corrected chi connectivity index (χ2v) is 5.17. The van der Waals surface area contributed by atoms with Crippen molar-refractivity contribution < 1.29 is 9.90 Å². The number of carbonyl (C=O) groups excluding carboxylic acids is 1. The van der Waals surface area contributed by atoms with Crippen LogP contribution in [0.2, 0.25) is 0 Å². The Kier molecular flexibility index (Phi) is 4.58. The van der Waals surface area contributed by atoms with Crippen LogP contribution < -0.4 is 5.32 Å². The first-order chi connectivity index (χ1) is 9.13. The Balaban J connectivity index is 1.86. The SMILES string of the molecule is O=C(Cc1ccc(Br)cc1)NCc1cccc(O)c1. The van der Waals surface area contributed by atoms with E-state index in [2.05, 4.69) is 21.2 Å². The van der Waals surface area contributed by atoms with Crippen LogP contribution in [0, 0.1) is 0 Å². The number of hydrogen-bond donors (Lipinski definition) is 2. The van der Waals surface area contributed by atoms with Gasteiger partial charge < -0.3 is 10.4 Å². The third-order valence-corrected chi connectivity index (χ3v) is 3.21. The molecule has 2 aromatic carbocycles. The number of hydrogen-bond acceptors (Lipinski definition) is 2. The predicted molar refractivity (Wildman–Crippen MR) is 77.8 cm³/mol. The molecule has 1 amide bonds. The number of nitrogens with one attached hydrogen (secondary N) is 1. The van der Waals surface area contributed by atoms with E-state index in [1.54, 1.807) is 18.2 Å². The molecule has 4 heteroatoms. The van der Waals surface area contributed by atoms with Crippen molar-refractivity contribution in [1.82, 2.24) is 5.32 Å². The van der Waals surface area contributed by atoms with Crippen LogP contribution in [0.3, 0.4) is 0 Å². The molecule has 0 aromatic heterocycles. The average Bonchev–Trinajstić information content (AvgIpc) is 2.39. The van der Waals surface area contributed by atoms with Gasteiger partial charge in [-0.15, -0.1) is 0 Å². The summed E-state index contributed by atoms with van der Waals surface area (Å²) in [7, 11) is 0. The van der Waals surface area contributed by atoms with Crippen molar-refractivity contribution in [1.29, 1.82) is 0 Å². The summed E-state index contributed by atoms with van der Waals surface area (Å²) in [5, 5.41) is 12.1. The first-order valence-corrected chi connectivity index (χ1v) is 6.72. The second kappa shape index (κ2) is 6.38. The maximum Gasteiger partial charge on any atom is 0.224 e. The number of carbonyl (C=O) groups is 1. The maximum absolute atomic E-state index is 11.8. The molecule has 0 fully saturated rings. The predicted octanol–water partition coefficient (Wildman–Crippen LogP) is 3.01. The van der Waals surface area contributed by atoms with Gasteiger partial charge in [0.05, 0.1) is 6.42 Å². The molecule has 0 saturated carbocycles. The normalized spacial score (nSPS) is 10.2. The molecule has 0 bridgehead atoms. The lowest BCUT2D eigenvalue weighted by atomic mass is 10.1. The molecule has 0 radical (unpaired) electrons. The number of halogens is 1. The Morgan fingerprint density at radius 1 is 1.11 bits per heavy atom. The standard InChI is InChI=1S/C15H14BrNO2/c16-13-6-4-11(5-7-13)9-15(19)17-10-12-2-1-3-14(18)8-12/h1-8,18H,9-10H2,(H,17,19). The number of phenols is 1. The topological polar surface area (TPSA) is 49.3 Å². The summed E-state index contributed by atoms with van der Waals surface area (Å²) >= 11 is 3.36. The third kappa shape index (κ3) is 4.41. The van der Waals surface area contributed by atoms with Crippen molar-refractivity contribution in [3.8, 4) is 5.75 Å². The van der Waals surface area contributed by atoms with Crippen LogP contribution in [0.1, 0.15) is 11.1 Å². The molecule has 2 aromatic rings. The molecule has 0 heterocycles. The molecule has 98 valence electrons. The van der Waals surface area contributed by atoms with Gasteiger partial charge in [-0.2, -0.15) is 0 Å². The monoisotopic (exact) mass is 319 g/mol. The average molecular weight is 320 g/mol. The molecule has 19 heavy (non-hydrogen) atoms. The number of benzene rings is 2. The Hall–Kier alpha value is -1.81. The summed E-state index contributed by atoms with van der Waals surface area (Å²) in [6.45, 7) is 0.420. The highest BCUT2D eigenvalue weighted by Gasteiger charge is 2.03. The summed E-state index contributed by atoms with van der Waals surface area (Å²) in [6.07, 6.45) is 0.353. The summed E-state index contributed by atoms with van der Waals surface area (Å²) in [4.78, 5) is 11.8. The van der Waals surface area contributed by atoms with Gasteiger partial charge >= 0.3 is 0 Å².